The zero-order valence-corrected chi connectivity index (χ0v) is 19.1. The Morgan fingerprint density at radius 2 is 1.59 bits per heavy atom. The van der Waals surface area contributed by atoms with Gasteiger partial charge in [0.1, 0.15) is 0 Å². The highest BCUT2D eigenvalue weighted by atomic mass is 32.2. The first-order valence-corrected chi connectivity index (χ1v) is 12.4. The van der Waals surface area contributed by atoms with Crippen LogP contribution in [-0.4, -0.2) is 31.6 Å². The third kappa shape index (κ3) is 6.21. The molecular formula is C25H25N3O5S. The van der Waals surface area contributed by atoms with Crippen molar-refractivity contribution in [2.45, 2.75) is 36.2 Å². The van der Waals surface area contributed by atoms with Gasteiger partial charge in [-0.1, -0.05) is 54.6 Å². The van der Waals surface area contributed by atoms with Gasteiger partial charge in [0, 0.05) is 11.7 Å². The third-order valence-electron chi connectivity index (χ3n) is 5.39. The zero-order valence-electron chi connectivity index (χ0n) is 18.3. The number of amides is 2. The fraction of sp³-hybridized carbons (Fsp3) is 0.200. The molecule has 0 heterocycles. The van der Waals surface area contributed by atoms with E-state index in [9.17, 15) is 23.1 Å². The van der Waals surface area contributed by atoms with Crippen LogP contribution in [-0.2, 0) is 14.8 Å². The van der Waals surface area contributed by atoms with Crippen molar-refractivity contribution in [2.75, 3.05) is 5.32 Å². The molecule has 0 bridgehead atoms. The Kier molecular flexibility index (Phi) is 6.95. The first-order chi connectivity index (χ1) is 16.3. The Bertz CT molecular complexity index is 1290. The number of carboxylic acid groups (broad SMARTS) is 1. The Labute approximate surface area is 198 Å². The van der Waals surface area contributed by atoms with Gasteiger partial charge in [-0.2, -0.15) is 0 Å². The van der Waals surface area contributed by atoms with Crippen LogP contribution < -0.4 is 15.4 Å². The highest BCUT2D eigenvalue weighted by molar-refractivity contribution is 7.89. The van der Waals surface area contributed by atoms with Crippen molar-refractivity contribution < 1.29 is 23.1 Å². The predicted octanol–water partition coefficient (Wildman–Crippen LogP) is 4.13. The summed E-state index contributed by atoms with van der Waals surface area (Å²) in [5, 5.41) is 14.9. The van der Waals surface area contributed by atoms with E-state index in [2.05, 4.69) is 15.4 Å². The van der Waals surface area contributed by atoms with Crippen LogP contribution in [0.25, 0.3) is 11.1 Å². The second-order valence-electron chi connectivity index (χ2n) is 8.16. The fourth-order valence-electron chi connectivity index (χ4n) is 3.54. The molecule has 3 aromatic carbocycles. The van der Waals surface area contributed by atoms with E-state index in [4.69, 9.17) is 0 Å². The lowest BCUT2D eigenvalue weighted by Crippen LogP contribution is -2.30. The molecule has 2 amide bonds. The number of nitrogens with one attached hydrogen (secondary N) is 3. The van der Waals surface area contributed by atoms with E-state index in [0.29, 0.717) is 16.8 Å². The van der Waals surface area contributed by atoms with E-state index in [-0.39, 0.29) is 23.4 Å². The maximum absolute atomic E-state index is 13.1. The van der Waals surface area contributed by atoms with Crippen LogP contribution >= 0.6 is 0 Å². The van der Waals surface area contributed by atoms with Gasteiger partial charge < -0.3 is 15.7 Å². The molecule has 1 saturated carbocycles. The molecule has 0 aliphatic heterocycles. The number of hydrogen-bond donors (Lipinski definition) is 4. The fourth-order valence-corrected chi connectivity index (χ4v) is 4.81. The standard InChI is InChI=1S/C25H25N3O5S/c29-24(30)16-23(17-6-2-1-3-7-17)28-34(32,33)22-11-5-9-19(15-22)18-8-4-10-21(14-18)27-25(31)26-20-12-13-20/h1-11,14-15,20,23,28H,12-13,16H2,(H,29,30)(H2,26,27,31)/t23-/m1/s1. The molecule has 0 unspecified atom stereocenters. The van der Waals surface area contributed by atoms with Gasteiger partial charge in [0.2, 0.25) is 10.0 Å². The van der Waals surface area contributed by atoms with Gasteiger partial charge in [-0.25, -0.2) is 17.9 Å². The number of aliphatic carboxylic acids is 1. The van der Waals surface area contributed by atoms with Crippen molar-refractivity contribution in [3.8, 4) is 11.1 Å². The van der Waals surface area contributed by atoms with Crippen LogP contribution in [0, 0.1) is 0 Å². The predicted molar refractivity (Wildman–Crippen MR) is 129 cm³/mol. The lowest BCUT2D eigenvalue weighted by atomic mass is 10.1. The molecule has 1 aliphatic carbocycles. The molecule has 34 heavy (non-hydrogen) atoms. The van der Waals surface area contributed by atoms with Crippen molar-refractivity contribution in [2.24, 2.45) is 0 Å². The van der Waals surface area contributed by atoms with E-state index in [1.807, 2.05) is 6.07 Å². The molecule has 1 aliphatic rings. The average molecular weight is 480 g/mol. The van der Waals surface area contributed by atoms with E-state index in [1.54, 1.807) is 60.7 Å². The number of benzene rings is 3. The molecule has 8 nitrogen and oxygen atoms in total. The van der Waals surface area contributed by atoms with Crippen molar-refractivity contribution in [1.82, 2.24) is 10.0 Å². The molecule has 4 rings (SSSR count). The van der Waals surface area contributed by atoms with Crippen molar-refractivity contribution >= 4 is 27.7 Å². The minimum atomic E-state index is -4.01. The first-order valence-electron chi connectivity index (χ1n) is 10.9. The Morgan fingerprint density at radius 3 is 2.26 bits per heavy atom. The molecule has 3 aromatic rings. The summed E-state index contributed by atoms with van der Waals surface area (Å²) in [6.07, 6.45) is 1.58. The quantitative estimate of drug-likeness (QED) is 0.367. The molecule has 1 atom stereocenters. The molecule has 0 saturated heterocycles. The van der Waals surface area contributed by atoms with Crippen LogP contribution in [0.4, 0.5) is 10.5 Å². The molecule has 1 fully saturated rings. The summed E-state index contributed by atoms with van der Waals surface area (Å²) >= 11 is 0. The summed E-state index contributed by atoms with van der Waals surface area (Å²) in [7, 11) is -4.01. The molecule has 0 spiro atoms. The zero-order chi connectivity index (χ0) is 24.1. The lowest BCUT2D eigenvalue weighted by Gasteiger charge is -2.18. The molecule has 0 aromatic heterocycles. The van der Waals surface area contributed by atoms with Crippen LogP contribution in [0.15, 0.2) is 83.8 Å². The molecule has 9 heteroatoms. The second-order valence-corrected chi connectivity index (χ2v) is 9.88. The number of sulfonamides is 1. The van der Waals surface area contributed by atoms with Crippen LogP contribution in [0.5, 0.6) is 0 Å². The van der Waals surface area contributed by atoms with Gasteiger partial charge in [0.25, 0.3) is 0 Å². The lowest BCUT2D eigenvalue weighted by molar-refractivity contribution is -0.137. The molecule has 0 radical (unpaired) electrons. The highest BCUT2D eigenvalue weighted by Gasteiger charge is 2.24. The Balaban J connectivity index is 1.55. The van der Waals surface area contributed by atoms with E-state index < -0.39 is 22.0 Å². The number of rotatable bonds is 9. The van der Waals surface area contributed by atoms with Crippen molar-refractivity contribution in [3.05, 3.63) is 84.4 Å². The summed E-state index contributed by atoms with van der Waals surface area (Å²) in [6.45, 7) is 0. The summed E-state index contributed by atoms with van der Waals surface area (Å²) in [4.78, 5) is 23.4. The molecule has 4 N–H and O–H groups in total. The Hall–Kier alpha value is -3.69. The van der Waals surface area contributed by atoms with Gasteiger partial charge in [-0.05, 0) is 53.8 Å². The summed E-state index contributed by atoms with van der Waals surface area (Å²) < 4.78 is 28.8. The topological polar surface area (TPSA) is 125 Å². The van der Waals surface area contributed by atoms with E-state index in [0.717, 1.165) is 18.4 Å². The average Bonchev–Trinajstić information content (AvgIpc) is 3.63. The first kappa shape index (κ1) is 23.5. The normalized spacial score (nSPS) is 14.2. The number of hydrogen-bond acceptors (Lipinski definition) is 4. The molecule has 176 valence electrons. The maximum atomic E-state index is 13.1. The summed E-state index contributed by atoms with van der Waals surface area (Å²) in [6, 6.07) is 21.1. The van der Waals surface area contributed by atoms with Crippen LogP contribution in [0.1, 0.15) is 30.9 Å². The Morgan fingerprint density at radius 1 is 0.912 bits per heavy atom. The number of carbonyl (C=O) groups excluding carboxylic acids is 1. The summed E-state index contributed by atoms with van der Waals surface area (Å²) in [5.41, 5.74) is 2.52. The van der Waals surface area contributed by atoms with Crippen molar-refractivity contribution in [3.63, 3.8) is 0 Å². The van der Waals surface area contributed by atoms with Crippen LogP contribution in [0.3, 0.4) is 0 Å². The smallest absolute Gasteiger partial charge is 0.319 e. The monoisotopic (exact) mass is 479 g/mol. The minimum absolute atomic E-state index is 0.0150. The van der Waals surface area contributed by atoms with Gasteiger partial charge in [0.15, 0.2) is 0 Å². The van der Waals surface area contributed by atoms with Gasteiger partial charge in [0.05, 0.1) is 17.4 Å². The minimum Gasteiger partial charge on any atom is -0.481 e. The second kappa shape index (κ2) is 10.1. The van der Waals surface area contributed by atoms with Crippen LogP contribution in [0.2, 0.25) is 0 Å². The molecular weight excluding hydrogens is 454 g/mol. The number of carbonyl (C=O) groups is 2. The van der Waals surface area contributed by atoms with Gasteiger partial charge >= 0.3 is 12.0 Å². The largest absolute Gasteiger partial charge is 0.481 e. The van der Waals surface area contributed by atoms with Crippen molar-refractivity contribution in [1.29, 1.82) is 0 Å². The SMILES string of the molecule is O=C(O)C[C@@H](NS(=O)(=O)c1cccc(-c2cccc(NC(=O)NC3CC3)c2)c1)c1ccccc1. The number of urea groups is 1. The van der Waals surface area contributed by atoms with E-state index >= 15 is 0 Å². The third-order valence-corrected chi connectivity index (χ3v) is 6.86. The summed E-state index contributed by atoms with van der Waals surface area (Å²) in [5.74, 6) is -1.11. The van der Waals surface area contributed by atoms with Gasteiger partial charge in [-0.3, -0.25) is 4.79 Å². The van der Waals surface area contributed by atoms with E-state index in [1.165, 1.54) is 12.1 Å². The number of anilines is 1. The highest BCUT2D eigenvalue weighted by Crippen LogP contribution is 2.27. The van der Waals surface area contributed by atoms with Gasteiger partial charge in [-0.15, -0.1) is 0 Å². The number of carboxylic acids is 1. The maximum Gasteiger partial charge on any atom is 0.319 e.